The van der Waals surface area contributed by atoms with E-state index < -0.39 is 5.60 Å². The number of nitrogens with zero attached hydrogens (tertiary/aromatic N) is 2. The fourth-order valence-corrected chi connectivity index (χ4v) is 3.44. The molecule has 160 valence electrons. The van der Waals surface area contributed by atoms with Gasteiger partial charge in [-0.3, -0.25) is 15.2 Å². The molecule has 3 rings (SSSR count). The molecular formula is C24H31N3O3. The molecule has 6 heteroatoms. The number of nitrogens with one attached hydrogen (secondary N) is 1. The van der Waals surface area contributed by atoms with Crippen LogP contribution in [0.15, 0.2) is 60.7 Å². The molecule has 6 nitrogen and oxygen atoms in total. The Morgan fingerprint density at radius 1 is 1.00 bits per heavy atom. The molecule has 1 fully saturated rings. The number of carbonyl (C=O) groups excluding carboxylic acids is 2. The van der Waals surface area contributed by atoms with Crippen LogP contribution >= 0.6 is 0 Å². The van der Waals surface area contributed by atoms with Gasteiger partial charge in [0.2, 0.25) is 5.91 Å². The van der Waals surface area contributed by atoms with Crippen molar-refractivity contribution < 1.29 is 14.3 Å². The molecule has 30 heavy (non-hydrogen) atoms. The zero-order valence-corrected chi connectivity index (χ0v) is 18.0. The molecule has 0 aliphatic carbocycles. The van der Waals surface area contributed by atoms with Gasteiger partial charge in [-0.15, -0.1) is 0 Å². The van der Waals surface area contributed by atoms with Crippen LogP contribution in [0.5, 0.6) is 0 Å². The number of benzene rings is 2. The molecule has 0 unspecified atom stereocenters. The van der Waals surface area contributed by atoms with E-state index in [1.54, 1.807) is 4.90 Å². The number of piperidine rings is 1. The molecule has 0 aromatic heterocycles. The first kappa shape index (κ1) is 21.7. The summed E-state index contributed by atoms with van der Waals surface area (Å²) in [7, 11) is 0. The van der Waals surface area contributed by atoms with Gasteiger partial charge in [0.15, 0.2) is 0 Å². The van der Waals surface area contributed by atoms with Gasteiger partial charge in [0, 0.05) is 19.0 Å². The number of ether oxygens (including phenoxy) is 1. The lowest BCUT2D eigenvalue weighted by Crippen LogP contribution is -2.49. The number of para-hydroxylation sites is 1. The van der Waals surface area contributed by atoms with E-state index in [1.165, 1.54) is 0 Å². The van der Waals surface area contributed by atoms with Gasteiger partial charge in [0.05, 0.1) is 12.2 Å². The summed E-state index contributed by atoms with van der Waals surface area (Å²) in [6.07, 6.45) is 0.939. The van der Waals surface area contributed by atoms with Crippen molar-refractivity contribution in [3.05, 3.63) is 66.2 Å². The Hall–Kier alpha value is -3.02. The molecule has 0 spiro atoms. The minimum Gasteiger partial charge on any atom is -0.444 e. The van der Waals surface area contributed by atoms with E-state index in [0.29, 0.717) is 32.5 Å². The number of hydrogen-bond donors (Lipinski definition) is 1. The van der Waals surface area contributed by atoms with Gasteiger partial charge in [-0.05, 0) is 51.3 Å². The maximum Gasteiger partial charge on any atom is 0.410 e. The molecule has 0 radical (unpaired) electrons. The molecule has 1 heterocycles. The third-order valence-corrected chi connectivity index (χ3v) is 5.01. The fourth-order valence-electron chi connectivity index (χ4n) is 3.44. The van der Waals surface area contributed by atoms with E-state index >= 15 is 0 Å². The topological polar surface area (TPSA) is 61.9 Å². The number of hydrazine groups is 1. The monoisotopic (exact) mass is 409 g/mol. The maximum absolute atomic E-state index is 13.0. The van der Waals surface area contributed by atoms with Gasteiger partial charge in [-0.25, -0.2) is 4.79 Å². The molecule has 0 atom stereocenters. The van der Waals surface area contributed by atoms with Crippen LogP contribution < -0.4 is 10.4 Å². The highest BCUT2D eigenvalue weighted by atomic mass is 16.6. The molecule has 2 aromatic rings. The van der Waals surface area contributed by atoms with Crippen molar-refractivity contribution in [3.8, 4) is 0 Å². The normalized spacial score (nSPS) is 14.8. The molecule has 1 saturated heterocycles. The van der Waals surface area contributed by atoms with Gasteiger partial charge in [0.1, 0.15) is 5.60 Å². The van der Waals surface area contributed by atoms with Crippen LogP contribution in [-0.2, 0) is 16.1 Å². The SMILES string of the molecule is CC(C)(C)OC(=O)N1CCC(C(=O)NN(Cc2ccccc2)c2ccccc2)CC1. The summed E-state index contributed by atoms with van der Waals surface area (Å²) in [5.41, 5.74) is 4.62. The summed E-state index contributed by atoms with van der Waals surface area (Å²) < 4.78 is 5.44. The zero-order valence-electron chi connectivity index (χ0n) is 18.0. The van der Waals surface area contributed by atoms with E-state index in [2.05, 4.69) is 5.43 Å². The molecule has 0 saturated carbocycles. The molecule has 2 aromatic carbocycles. The lowest BCUT2D eigenvalue weighted by Gasteiger charge is -2.34. The third kappa shape index (κ3) is 6.24. The number of hydrogen-bond acceptors (Lipinski definition) is 4. The molecule has 2 amide bonds. The van der Waals surface area contributed by atoms with Gasteiger partial charge in [-0.1, -0.05) is 48.5 Å². The Bertz CT molecular complexity index is 826. The summed E-state index contributed by atoms with van der Waals surface area (Å²) in [4.78, 5) is 26.9. The second-order valence-electron chi connectivity index (χ2n) is 8.63. The molecule has 0 bridgehead atoms. The van der Waals surface area contributed by atoms with Crippen molar-refractivity contribution in [1.29, 1.82) is 0 Å². The summed E-state index contributed by atoms with van der Waals surface area (Å²) in [5, 5.41) is 1.89. The van der Waals surface area contributed by atoms with E-state index in [4.69, 9.17) is 4.74 Å². The Kier molecular flexibility index (Phi) is 6.98. The van der Waals surface area contributed by atoms with Gasteiger partial charge in [0.25, 0.3) is 0 Å². The Balaban J connectivity index is 1.60. The second kappa shape index (κ2) is 9.65. The van der Waals surface area contributed by atoms with E-state index in [1.807, 2.05) is 86.4 Å². The van der Waals surface area contributed by atoms with Crippen molar-refractivity contribution in [1.82, 2.24) is 10.3 Å². The average Bonchev–Trinajstić information content (AvgIpc) is 2.73. The Labute approximate surface area is 178 Å². The predicted molar refractivity (Wildman–Crippen MR) is 118 cm³/mol. The highest BCUT2D eigenvalue weighted by molar-refractivity contribution is 5.81. The summed E-state index contributed by atoms with van der Waals surface area (Å²) in [6.45, 7) is 7.20. The first-order valence-electron chi connectivity index (χ1n) is 10.5. The number of amides is 2. The van der Waals surface area contributed by atoms with Crippen LogP contribution in [0.1, 0.15) is 39.2 Å². The first-order valence-corrected chi connectivity index (χ1v) is 10.5. The fraction of sp³-hybridized carbons (Fsp3) is 0.417. The third-order valence-electron chi connectivity index (χ3n) is 5.01. The minimum absolute atomic E-state index is 0.0152. The van der Waals surface area contributed by atoms with Crippen molar-refractivity contribution in [2.45, 2.75) is 45.8 Å². The summed E-state index contributed by atoms with van der Waals surface area (Å²) in [6, 6.07) is 19.9. The van der Waals surface area contributed by atoms with Crippen LogP contribution in [0, 0.1) is 5.92 Å². The lowest BCUT2D eigenvalue weighted by atomic mass is 9.96. The standard InChI is InChI=1S/C24H31N3O3/c1-24(2,3)30-23(29)26-16-14-20(15-17-26)22(28)25-27(21-12-8-5-9-13-21)18-19-10-6-4-7-11-19/h4-13,20H,14-18H2,1-3H3,(H,25,28). The predicted octanol–water partition coefficient (Wildman–Crippen LogP) is 4.37. The number of rotatable bonds is 5. The molecular weight excluding hydrogens is 378 g/mol. The van der Waals surface area contributed by atoms with E-state index in [9.17, 15) is 9.59 Å². The molecule has 1 N–H and O–H groups in total. The van der Waals surface area contributed by atoms with Gasteiger partial charge >= 0.3 is 6.09 Å². The van der Waals surface area contributed by atoms with Crippen molar-refractivity contribution >= 4 is 17.7 Å². The second-order valence-corrected chi connectivity index (χ2v) is 8.63. The summed E-state index contributed by atoms with van der Waals surface area (Å²) in [5.74, 6) is -0.149. The summed E-state index contributed by atoms with van der Waals surface area (Å²) >= 11 is 0. The van der Waals surface area contributed by atoms with Crippen LogP contribution in [0.25, 0.3) is 0 Å². The number of carbonyl (C=O) groups is 2. The van der Waals surface area contributed by atoms with E-state index in [0.717, 1.165) is 11.3 Å². The van der Waals surface area contributed by atoms with Crippen molar-refractivity contribution in [2.24, 2.45) is 5.92 Å². The van der Waals surface area contributed by atoms with Crippen LogP contribution in [-0.4, -0.2) is 35.6 Å². The Morgan fingerprint density at radius 3 is 2.13 bits per heavy atom. The zero-order chi connectivity index (χ0) is 21.6. The van der Waals surface area contributed by atoms with Crippen LogP contribution in [0.2, 0.25) is 0 Å². The minimum atomic E-state index is -0.515. The number of anilines is 1. The molecule has 1 aliphatic heterocycles. The highest BCUT2D eigenvalue weighted by Crippen LogP contribution is 2.21. The van der Waals surface area contributed by atoms with Crippen LogP contribution in [0.4, 0.5) is 10.5 Å². The van der Waals surface area contributed by atoms with Crippen molar-refractivity contribution in [2.75, 3.05) is 18.1 Å². The van der Waals surface area contributed by atoms with Gasteiger partial charge < -0.3 is 9.64 Å². The first-order chi connectivity index (χ1) is 14.3. The Morgan fingerprint density at radius 2 is 1.57 bits per heavy atom. The number of likely N-dealkylation sites (tertiary alicyclic amines) is 1. The van der Waals surface area contributed by atoms with Crippen LogP contribution in [0.3, 0.4) is 0 Å². The lowest BCUT2D eigenvalue weighted by molar-refractivity contribution is -0.126. The smallest absolute Gasteiger partial charge is 0.410 e. The molecule has 1 aliphatic rings. The van der Waals surface area contributed by atoms with E-state index in [-0.39, 0.29) is 17.9 Å². The largest absolute Gasteiger partial charge is 0.444 e. The quantitative estimate of drug-likeness (QED) is 0.745. The van der Waals surface area contributed by atoms with Crippen molar-refractivity contribution in [3.63, 3.8) is 0 Å². The van der Waals surface area contributed by atoms with Gasteiger partial charge in [-0.2, -0.15) is 0 Å². The maximum atomic E-state index is 13.0. The average molecular weight is 410 g/mol. The highest BCUT2D eigenvalue weighted by Gasteiger charge is 2.30.